The van der Waals surface area contributed by atoms with E-state index in [1.54, 1.807) is 0 Å². The van der Waals surface area contributed by atoms with Crippen LogP contribution in [0.15, 0.2) is 0 Å². The van der Waals surface area contributed by atoms with Gasteiger partial charge in [0, 0.05) is 24.7 Å². The Morgan fingerprint density at radius 2 is 2.17 bits per heavy atom. The first kappa shape index (κ1) is 14.2. The van der Waals surface area contributed by atoms with Crippen molar-refractivity contribution in [2.24, 2.45) is 5.73 Å². The summed E-state index contributed by atoms with van der Waals surface area (Å²) in [5.41, 5.74) is 5.65. The summed E-state index contributed by atoms with van der Waals surface area (Å²) in [7, 11) is 1.24. The number of hydrogen-bond acceptors (Lipinski definition) is 5. The minimum Gasteiger partial charge on any atom is -0.329 e. The number of nitrogens with two attached hydrogens (primary N) is 1. The second-order valence-electron chi connectivity index (χ2n) is 6.02. The van der Waals surface area contributed by atoms with Crippen molar-refractivity contribution in [2.45, 2.75) is 30.8 Å². The second kappa shape index (κ2) is 5.07. The van der Waals surface area contributed by atoms with E-state index in [4.69, 9.17) is 5.73 Å². The van der Waals surface area contributed by atoms with Gasteiger partial charge in [0.15, 0.2) is 9.84 Å². The maximum absolute atomic E-state index is 11.8. The van der Waals surface area contributed by atoms with Crippen LogP contribution >= 0.6 is 0 Å². The van der Waals surface area contributed by atoms with Crippen LogP contribution in [0.3, 0.4) is 0 Å². The molecular weight excluding hydrogens is 250 g/mol. The van der Waals surface area contributed by atoms with E-state index in [0.717, 1.165) is 25.9 Å². The molecule has 2 aliphatic heterocycles. The van der Waals surface area contributed by atoms with Crippen LogP contribution in [0.2, 0.25) is 0 Å². The van der Waals surface area contributed by atoms with Gasteiger partial charge in [-0.1, -0.05) is 0 Å². The summed E-state index contributed by atoms with van der Waals surface area (Å²) in [6.45, 7) is 2.43. The van der Waals surface area contributed by atoms with Crippen LogP contribution in [0, 0.1) is 0 Å². The number of rotatable bonds is 4. The molecule has 0 amide bonds. The quantitative estimate of drug-likeness (QED) is 0.751. The fourth-order valence-corrected chi connectivity index (χ4v) is 5.56. The molecule has 0 saturated carbocycles. The molecule has 0 aromatic carbocycles. The van der Waals surface area contributed by atoms with Gasteiger partial charge in [0.05, 0.1) is 11.5 Å². The maximum Gasteiger partial charge on any atom is 0.152 e. The van der Waals surface area contributed by atoms with Crippen molar-refractivity contribution in [1.29, 1.82) is 0 Å². The molecule has 106 valence electrons. The number of sulfone groups is 1. The third-order valence-electron chi connectivity index (χ3n) is 4.31. The second-order valence-corrected chi connectivity index (χ2v) is 8.21. The van der Waals surface area contributed by atoms with Gasteiger partial charge in [-0.2, -0.15) is 0 Å². The zero-order chi connectivity index (χ0) is 13.4. The highest BCUT2D eigenvalue weighted by molar-refractivity contribution is 7.91. The Kier molecular flexibility index (Phi) is 4.02. The fraction of sp³-hybridized carbons (Fsp3) is 1.00. The van der Waals surface area contributed by atoms with Crippen molar-refractivity contribution in [2.75, 3.05) is 45.2 Å². The molecule has 0 aromatic rings. The van der Waals surface area contributed by atoms with Gasteiger partial charge in [0.2, 0.25) is 0 Å². The Morgan fingerprint density at radius 3 is 2.67 bits per heavy atom. The zero-order valence-corrected chi connectivity index (χ0v) is 12.2. The van der Waals surface area contributed by atoms with Crippen LogP contribution in [-0.4, -0.2) is 75.0 Å². The number of likely N-dealkylation sites (N-methyl/N-ethyl adjacent to an activating group) is 1. The van der Waals surface area contributed by atoms with Gasteiger partial charge >= 0.3 is 0 Å². The monoisotopic (exact) mass is 275 g/mol. The molecule has 2 atom stereocenters. The Balaban J connectivity index is 2.17. The molecule has 2 fully saturated rings. The van der Waals surface area contributed by atoms with Gasteiger partial charge in [0.25, 0.3) is 0 Å². The SMILES string of the molecule is CN(C)CC1CCCN1C1(CN)CCS(=O)(=O)C1. The van der Waals surface area contributed by atoms with E-state index in [1.165, 1.54) is 0 Å². The highest BCUT2D eigenvalue weighted by Gasteiger charge is 2.48. The molecule has 0 aromatic heterocycles. The van der Waals surface area contributed by atoms with Gasteiger partial charge in [-0.3, -0.25) is 4.90 Å². The topological polar surface area (TPSA) is 66.6 Å². The van der Waals surface area contributed by atoms with E-state index < -0.39 is 9.84 Å². The summed E-state index contributed by atoms with van der Waals surface area (Å²) in [4.78, 5) is 4.56. The van der Waals surface area contributed by atoms with E-state index in [-0.39, 0.29) is 11.3 Å². The largest absolute Gasteiger partial charge is 0.329 e. The summed E-state index contributed by atoms with van der Waals surface area (Å²) in [6.07, 6.45) is 3.01. The molecule has 2 rings (SSSR count). The van der Waals surface area contributed by atoms with E-state index in [0.29, 0.717) is 24.8 Å². The van der Waals surface area contributed by atoms with Crippen molar-refractivity contribution in [3.05, 3.63) is 0 Å². The van der Waals surface area contributed by atoms with Gasteiger partial charge in [-0.15, -0.1) is 0 Å². The van der Waals surface area contributed by atoms with Crippen molar-refractivity contribution >= 4 is 9.84 Å². The first-order valence-electron chi connectivity index (χ1n) is 6.70. The van der Waals surface area contributed by atoms with E-state index >= 15 is 0 Å². The first-order valence-corrected chi connectivity index (χ1v) is 8.53. The lowest BCUT2D eigenvalue weighted by Crippen LogP contribution is -2.58. The molecule has 0 radical (unpaired) electrons. The van der Waals surface area contributed by atoms with E-state index in [2.05, 4.69) is 23.9 Å². The number of nitrogens with zero attached hydrogens (tertiary/aromatic N) is 2. The van der Waals surface area contributed by atoms with Crippen LogP contribution in [-0.2, 0) is 9.84 Å². The third-order valence-corrected chi connectivity index (χ3v) is 6.11. The van der Waals surface area contributed by atoms with Crippen molar-refractivity contribution < 1.29 is 8.42 Å². The zero-order valence-electron chi connectivity index (χ0n) is 11.4. The molecule has 18 heavy (non-hydrogen) atoms. The van der Waals surface area contributed by atoms with E-state index in [9.17, 15) is 8.42 Å². The Labute approximate surface area is 110 Å². The average Bonchev–Trinajstić information content (AvgIpc) is 2.83. The predicted molar refractivity (Wildman–Crippen MR) is 73.3 cm³/mol. The average molecular weight is 275 g/mol. The highest BCUT2D eigenvalue weighted by Crippen LogP contribution is 2.35. The molecule has 2 aliphatic rings. The molecule has 2 unspecified atom stereocenters. The van der Waals surface area contributed by atoms with Crippen LogP contribution < -0.4 is 5.73 Å². The molecule has 2 heterocycles. The Morgan fingerprint density at radius 1 is 1.44 bits per heavy atom. The molecule has 2 N–H and O–H groups in total. The van der Waals surface area contributed by atoms with Crippen LogP contribution in [0.25, 0.3) is 0 Å². The van der Waals surface area contributed by atoms with E-state index in [1.807, 2.05) is 0 Å². The molecule has 2 saturated heterocycles. The standard InChI is InChI=1S/C12H25N3O2S/c1-14(2)8-11-4-3-6-15(11)12(9-13)5-7-18(16,17)10-12/h11H,3-10,13H2,1-2H3. The fourth-order valence-electron chi connectivity index (χ4n) is 3.48. The van der Waals surface area contributed by atoms with Crippen molar-refractivity contribution in [3.8, 4) is 0 Å². The van der Waals surface area contributed by atoms with Crippen LogP contribution in [0.5, 0.6) is 0 Å². The lowest BCUT2D eigenvalue weighted by Gasteiger charge is -2.41. The van der Waals surface area contributed by atoms with Crippen LogP contribution in [0.4, 0.5) is 0 Å². The summed E-state index contributed by atoms with van der Waals surface area (Å²) < 4.78 is 23.6. The summed E-state index contributed by atoms with van der Waals surface area (Å²) in [5.74, 6) is 0.551. The molecule has 5 nitrogen and oxygen atoms in total. The smallest absolute Gasteiger partial charge is 0.152 e. The van der Waals surface area contributed by atoms with Gasteiger partial charge < -0.3 is 10.6 Å². The number of likely N-dealkylation sites (tertiary alicyclic amines) is 1. The third kappa shape index (κ3) is 2.71. The molecule has 6 heteroatoms. The Bertz CT molecular complexity index is 396. The summed E-state index contributed by atoms with van der Waals surface area (Å²) in [5, 5.41) is 0. The lowest BCUT2D eigenvalue weighted by atomic mass is 9.95. The summed E-state index contributed by atoms with van der Waals surface area (Å²) in [6, 6.07) is 0.455. The van der Waals surface area contributed by atoms with Gasteiger partial charge in [0.1, 0.15) is 0 Å². The first-order chi connectivity index (χ1) is 8.38. The molecule has 0 aliphatic carbocycles. The lowest BCUT2D eigenvalue weighted by molar-refractivity contribution is 0.0868. The van der Waals surface area contributed by atoms with Crippen molar-refractivity contribution in [3.63, 3.8) is 0 Å². The Hall–Kier alpha value is -0.170. The minimum absolute atomic E-state index is 0.250. The molecule has 0 bridgehead atoms. The van der Waals surface area contributed by atoms with Crippen LogP contribution in [0.1, 0.15) is 19.3 Å². The summed E-state index contributed by atoms with van der Waals surface area (Å²) >= 11 is 0. The minimum atomic E-state index is -2.89. The molecule has 0 spiro atoms. The highest BCUT2D eigenvalue weighted by atomic mass is 32.2. The maximum atomic E-state index is 11.8. The predicted octanol–water partition coefficient (Wildman–Crippen LogP) is -0.472. The molecular formula is C12H25N3O2S. The normalized spacial score (nSPS) is 36.6. The van der Waals surface area contributed by atoms with Crippen molar-refractivity contribution in [1.82, 2.24) is 9.80 Å². The van der Waals surface area contributed by atoms with Gasteiger partial charge in [-0.25, -0.2) is 8.42 Å². The van der Waals surface area contributed by atoms with Gasteiger partial charge in [-0.05, 0) is 39.9 Å². The number of hydrogen-bond donors (Lipinski definition) is 1.